The van der Waals surface area contributed by atoms with Gasteiger partial charge < -0.3 is 4.57 Å². The Morgan fingerprint density at radius 2 is 1.95 bits per heavy atom. The van der Waals surface area contributed by atoms with Crippen molar-refractivity contribution in [1.29, 1.82) is 0 Å². The van der Waals surface area contributed by atoms with E-state index in [0.29, 0.717) is 6.04 Å². The zero-order valence-corrected chi connectivity index (χ0v) is 11.5. The van der Waals surface area contributed by atoms with Gasteiger partial charge in [-0.3, -0.25) is 14.0 Å². The van der Waals surface area contributed by atoms with E-state index in [2.05, 4.69) is 5.10 Å². The Labute approximate surface area is 116 Å². The highest BCUT2D eigenvalue weighted by Gasteiger charge is 2.17. The summed E-state index contributed by atoms with van der Waals surface area (Å²) in [6, 6.07) is 3.76. The third-order valence-corrected chi connectivity index (χ3v) is 3.92. The van der Waals surface area contributed by atoms with Crippen LogP contribution in [-0.2, 0) is 13.6 Å². The monoisotopic (exact) mass is 274 g/mol. The Hall–Kier alpha value is -2.11. The smallest absolute Gasteiger partial charge is 0.303 e. The van der Waals surface area contributed by atoms with Crippen molar-refractivity contribution < 1.29 is 0 Å². The average molecular weight is 274 g/mol. The highest BCUT2D eigenvalue weighted by Crippen LogP contribution is 2.28. The van der Waals surface area contributed by atoms with Gasteiger partial charge in [-0.25, -0.2) is 4.79 Å². The zero-order chi connectivity index (χ0) is 14.1. The van der Waals surface area contributed by atoms with Gasteiger partial charge in [0.1, 0.15) is 0 Å². The molecule has 1 aliphatic carbocycles. The van der Waals surface area contributed by atoms with E-state index in [-0.39, 0.29) is 17.8 Å². The largest absolute Gasteiger partial charge is 0.331 e. The summed E-state index contributed by atoms with van der Waals surface area (Å²) in [5.41, 5.74) is 0.152. The fraction of sp³-hybridized carbons (Fsp3) is 0.500. The van der Waals surface area contributed by atoms with Gasteiger partial charge in [0.15, 0.2) is 0 Å². The molecule has 0 amide bonds. The Bertz CT molecular complexity index is 719. The lowest BCUT2D eigenvalue weighted by atomic mass is 10.3. The highest BCUT2D eigenvalue weighted by atomic mass is 16.2. The number of aromatic nitrogens is 4. The molecule has 1 fully saturated rings. The molecule has 6 nitrogen and oxygen atoms in total. The quantitative estimate of drug-likeness (QED) is 0.835. The molecule has 0 unspecified atom stereocenters. The summed E-state index contributed by atoms with van der Waals surface area (Å²) in [5, 5.41) is 4.51. The van der Waals surface area contributed by atoms with Gasteiger partial charge in [-0.05, 0) is 18.9 Å². The third kappa shape index (κ3) is 2.33. The van der Waals surface area contributed by atoms with Gasteiger partial charge in [0.05, 0.1) is 18.3 Å². The Kier molecular flexibility index (Phi) is 3.30. The molecule has 106 valence electrons. The lowest BCUT2D eigenvalue weighted by molar-refractivity contribution is 0.460. The molecular weight excluding hydrogens is 256 g/mol. The highest BCUT2D eigenvalue weighted by molar-refractivity contribution is 5.02. The first-order valence-electron chi connectivity index (χ1n) is 6.95. The van der Waals surface area contributed by atoms with E-state index < -0.39 is 0 Å². The topological polar surface area (TPSA) is 61.8 Å². The van der Waals surface area contributed by atoms with Gasteiger partial charge in [-0.1, -0.05) is 12.8 Å². The SMILES string of the molecule is Cn1ccc(=O)n(Cc2ccn(C3CCCC3)n2)c1=O. The molecule has 0 aromatic carbocycles. The second-order valence-electron chi connectivity index (χ2n) is 5.36. The molecular formula is C14H18N4O2. The Balaban J connectivity index is 1.87. The minimum absolute atomic E-state index is 0.228. The van der Waals surface area contributed by atoms with Crippen LogP contribution in [0.2, 0.25) is 0 Å². The molecule has 0 spiro atoms. The van der Waals surface area contributed by atoms with Gasteiger partial charge in [0.25, 0.3) is 5.56 Å². The van der Waals surface area contributed by atoms with Crippen LogP contribution < -0.4 is 11.2 Å². The zero-order valence-electron chi connectivity index (χ0n) is 11.5. The number of aryl methyl sites for hydroxylation is 1. The van der Waals surface area contributed by atoms with Crippen LogP contribution in [-0.4, -0.2) is 18.9 Å². The fourth-order valence-electron chi connectivity index (χ4n) is 2.76. The van der Waals surface area contributed by atoms with Crippen molar-refractivity contribution in [1.82, 2.24) is 18.9 Å². The molecule has 2 aromatic rings. The van der Waals surface area contributed by atoms with Crippen LogP contribution in [0.25, 0.3) is 0 Å². The second-order valence-corrected chi connectivity index (χ2v) is 5.36. The number of hydrogen-bond donors (Lipinski definition) is 0. The first-order valence-corrected chi connectivity index (χ1v) is 6.95. The summed E-state index contributed by atoms with van der Waals surface area (Å²) < 4.78 is 4.58. The summed E-state index contributed by atoms with van der Waals surface area (Å²) in [4.78, 5) is 23.7. The van der Waals surface area contributed by atoms with E-state index in [0.717, 1.165) is 18.5 Å². The molecule has 0 radical (unpaired) electrons. The van der Waals surface area contributed by atoms with Crippen LogP contribution in [0.1, 0.15) is 37.4 Å². The predicted octanol–water partition coefficient (Wildman–Crippen LogP) is 0.907. The third-order valence-electron chi connectivity index (χ3n) is 3.92. The lowest BCUT2D eigenvalue weighted by Gasteiger charge is -2.09. The standard InChI is InChI=1S/C14H18N4O2/c1-16-8-7-13(19)17(14(16)20)10-11-6-9-18(15-11)12-4-2-3-5-12/h6-9,12H,2-5,10H2,1H3. The van der Waals surface area contributed by atoms with Crippen LogP contribution in [0.4, 0.5) is 0 Å². The number of hydrogen-bond acceptors (Lipinski definition) is 3. The first-order chi connectivity index (χ1) is 9.65. The summed E-state index contributed by atoms with van der Waals surface area (Å²) in [5.74, 6) is 0. The fourth-order valence-corrected chi connectivity index (χ4v) is 2.76. The molecule has 0 N–H and O–H groups in total. The van der Waals surface area contributed by atoms with Crippen LogP contribution in [0.3, 0.4) is 0 Å². The summed E-state index contributed by atoms with van der Waals surface area (Å²) in [7, 11) is 1.63. The van der Waals surface area contributed by atoms with E-state index >= 15 is 0 Å². The van der Waals surface area contributed by atoms with Crippen molar-refractivity contribution in [2.45, 2.75) is 38.3 Å². The van der Waals surface area contributed by atoms with Crippen molar-refractivity contribution in [3.8, 4) is 0 Å². The first kappa shape index (κ1) is 12.9. The van der Waals surface area contributed by atoms with Gasteiger partial charge in [0.2, 0.25) is 0 Å². The number of rotatable bonds is 3. The molecule has 0 bridgehead atoms. The second kappa shape index (κ2) is 5.11. The van der Waals surface area contributed by atoms with E-state index in [1.165, 1.54) is 34.2 Å². The molecule has 2 aromatic heterocycles. The van der Waals surface area contributed by atoms with E-state index in [4.69, 9.17) is 0 Å². The average Bonchev–Trinajstić information content (AvgIpc) is 3.09. The molecule has 1 saturated carbocycles. The maximum absolute atomic E-state index is 11.9. The van der Waals surface area contributed by atoms with Crippen molar-refractivity contribution in [3.63, 3.8) is 0 Å². The van der Waals surface area contributed by atoms with Crippen molar-refractivity contribution >= 4 is 0 Å². The van der Waals surface area contributed by atoms with Crippen LogP contribution in [0.5, 0.6) is 0 Å². The number of nitrogens with zero attached hydrogens (tertiary/aromatic N) is 4. The molecule has 0 atom stereocenters. The van der Waals surface area contributed by atoms with Crippen LogP contribution >= 0.6 is 0 Å². The van der Waals surface area contributed by atoms with E-state index in [1.807, 2.05) is 16.9 Å². The lowest BCUT2D eigenvalue weighted by Crippen LogP contribution is -2.38. The maximum Gasteiger partial charge on any atom is 0.331 e. The minimum atomic E-state index is -0.312. The van der Waals surface area contributed by atoms with E-state index in [9.17, 15) is 9.59 Å². The Morgan fingerprint density at radius 3 is 2.70 bits per heavy atom. The minimum Gasteiger partial charge on any atom is -0.303 e. The van der Waals surface area contributed by atoms with Crippen molar-refractivity contribution in [2.24, 2.45) is 7.05 Å². The van der Waals surface area contributed by atoms with Gasteiger partial charge in [-0.2, -0.15) is 5.10 Å². The van der Waals surface area contributed by atoms with Gasteiger partial charge in [-0.15, -0.1) is 0 Å². The normalized spacial score (nSPS) is 15.8. The molecule has 2 heterocycles. The van der Waals surface area contributed by atoms with Crippen LogP contribution in [0.15, 0.2) is 34.1 Å². The summed E-state index contributed by atoms with van der Waals surface area (Å²) in [6.45, 7) is 0.228. The maximum atomic E-state index is 11.9. The molecule has 20 heavy (non-hydrogen) atoms. The van der Waals surface area contributed by atoms with Crippen molar-refractivity contribution in [3.05, 3.63) is 51.1 Å². The summed E-state index contributed by atoms with van der Waals surface area (Å²) >= 11 is 0. The molecule has 1 aliphatic rings. The molecule has 6 heteroatoms. The van der Waals surface area contributed by atoms with Gasteiger partial charge >= 0.3 is 5.69 Å². The predicted molar refractivity (Wildman–Crippen MR) is 74.8 cm³/mol. The molecule has 3 rings (SSSR count). The van der Waals surface area contributed by atoms with Crippen molar-refractivity contribution in [2.75, 3.05) is 0 Å². The van der Waals surface area contributed by atoms with Crippen LogP contribution in [0, 0.1) is 0 Å². The Morgan fingerprint density at radius 1 is 1.20 bits per heavy atom. The van der Waals surface area contributed by atoms with Gasteiger partial charge in [0, 0.05) is 25.5 Å². The molecule has 0 saturated heterocycles. The molecule has 0 aliphatic heterocycles. The van der Waals surface area contributed by atoms with E-state index in [1.54, 1.807) is 7.05 Å². The summed E-state index contributed by atoms with van der Waals surface area (Å²) in [6.07, 6.45) is 8.25.